The Kier molecular flexibility index (Phi) is 9.69. The standard InChI is InChI=1S/C21H34N4O2/c1-17(18-10-5-3-6-11-18)27-15-9-14-23-21(22-2)24-16-20(26)25-19-12-7-4-8-13-19/h3,5-6,10-11,17,19H,4,7-9,12-16H2,1-2H3,(H,25,26)(H2,22,23,24). The number of carbonyl (C=O) groups is 1. The Hall–Kier alpha value is -2.08. The summed E-state index contributed by atoms with van der Waals surface area (Å²) in [5.41, 5.74) is 1.19. The SMILES string of the molecule is CN=C(NCCCOC(C)c1ccccc1)NCC(=O)NC1CCCCC1. The highest BCUT2D eigenvalue weighted by Crippen LogP contribution is 2.17. The molecule has 3 N–H and O–H groups in total. The molecular formula is C21H34N4O2. The molecular weight excluding hydrogens is 340 g/mol. The van der Waals surface area contributed by atoms with Crippen molar-refractivity contribution in [1.29, 1.82) is 0 Å². The molecule has 0 radical (unpaired) electrons. The highest BCUT2D eigenvalue weighted by molar-refractivity contribution is 5.86. The molecule has 0 aliphatic heterocycles. The minimum atomic E-state index is 0.0323. The number of amides is 1. The maximum atomic E-state index is 12.0. The van der Waals surface area contributed by atoms with Gasteiger partial charge in [0.05, 0.1) is 12.6 Å². The largest absolute Gasteiger partial charge is 0.374 e. The monoisotopic (exact) mass is 374 g/mol. The van der Waals surface area contributed by atoms with Gasteiger partial charge in [-0.15, -0.1) is 0 Å². The molecule has 0 bridgehead atoms. The second kappa shape index (κ2) is 12.3. The molecule has 1 unspecified atom stereocenters. The highest BCUT2D eigenvalue weighted by atomic mass is 16.5. The van der Waals surface area contributed by atoms with Crippen LogP contribution in [0.4, 0.5) is 0 Å². The van der Waals surface area contributed by atoms with E-state index in [-0.39, 0.29) is 18.6 Å². The Morgan fingerprint density at radius 1 is 1.19 bits per heavy atom. The normalized spacial score (nSPS) is 16.6. The lowest BCUT2D eigenvalue weighted by Gasteiger charge is -2.23. The summed E-state index contributed by atoms with van der Waals surface area (Å²) in [7, 11) is 1.71. The molecule has 150 valence electrons. The van der Waals surface area contributed by atoms with Crippen LogP contribution in [0.15, 0.2) is 35.3 Å². The van der Waals surface area contributed by atoms with Crippen LogP contribution >= 0.6 is 0 Å². The molecule has 1 fully saturated rings. The Balaban J connectivity index is 1.55. The van der Waals surface area contributed by atoms with Gasteiger partial charge in [-0.25, -0.2) is 0 Å². The molecule has 1 aliphatic rings. The van der Waals surface area contributed by atoms with Crippen LogP contribution in [-0.2, 0) is 9.53 Å². The van der Waals surface area contributed by atoms with Crippen molar-refractivity contribution in [3.63, 3.8) is 0 Å². The minimum absolute atomic E-state index is 0.0323. The molecule has 1 aromatic rings. The summed E-state index contributed by atoms with van der Waals surface area (Å²) in [5.74, 6) is 0.676. The van der Waals surface area contributed by atoms with Crippen molar-refractivity contribution in [2.45, 2.75) is 57.6 Å². The van der Waals surface area contributed by atoms with Crippen LogP contribution in [-0.4, -0.2) is 44.7 Å². The van der Waals surface area contributed by atoms with E-state index in [0.717, 1.165) is 25.8 Å². The summed E-state index contributed by atoms with van der Waals surface area (Å²) in [5, 5.41) is 9.39. The van der Waals surface area contributed by atoms with E-state index >= 15 is 0 Å². The zero-order valence-electron chi connectivity index (χ0n) is 16.7. The van der Waals surface area contributed by atoms with Gasteiger partial charge in [-0.3, -0.25) is 9.79 Å². The zero-order chi connectivity index (χ0) is 19.3. The van der Waals surface area contributed by atoms with Gasteiger partial charge in [0.25, 0.3) is 0 Å². The molecule has 0 spiro atoms. The van der Waals surface area contributed by atoms with E-state index < -0.39 is 0 Å². The molecule has 6 heteroatoms. The van der Waals surface area contributed by atoms with Gasteiger partial charge >= 0.3 is 0 Å². The molecule has 1 amide bonds. The van der Waals surface area contributed by atoms with Gasteiger partial charge in [-0.05, 0) is 31.7 Å². The number of benzene rings is 1. The third-order valence-electron chi connectivity index (χ3n) is 4.86. The second-order valence-corrected chi connectivity index (χ2v) is 7.03. The lowest BCUT2D eigenvalue weighted by molar-refractivity contribution is -0.120. The van der Waals surface area contributed by atoms with E-state index in [4.69, 9.17) is 4.74 Å². The summed E-state index contributed by atoms with van der Waals surface area (Å²) in [6.07, 6.45) is 6.87. The maximum Gasteiger partial charge on any atom is 0.239 e. The molecule has 1 saturated carbocycles. The summed E-state index contributed by atoms with van der Waals surface area (Å²) in [6, 6.07) is 10.5. The van der Waals surface area contributed by atoms with Crippen LogP contribution < -0.4 is 16.0 Å². The van der Waals surface area contributed by atoms with E-state index in [1.807, 2.05) is 18.2 Å². The average molecular weight is 375 g/mol. The summed E-state index contributed by atoms with van der Waals surface area (Å²) < 4.78 is 5.86. The molecule has 2 rings (SSSR count). The van der Waals surface area contributed by atoms with Crippen LogP contribution in [0.5, 0.6) is 0 Å². The van der Waals surface area contributed by atoms with E-state index in [2.05, 4.69) is 40.0 Å². The molecule has 1 aromatic carbocycles. The summed E-state index contributed by atoms with van der Waals surface area (Å²) in [4.78, 5) is 16.2. The number of guanidine groups is 1. The first-order valence-corrected chi connectivity index (χ1v) is 10.1. The predicted octanol–water partition coefficient (Wildman–Crippen LogP) is 2.77. The maximum absolute atomic E-state index is 12.0. The molecule has 1 atom stereocenters. The van der Waals surface area contributed by atoms with Gasteiger partial charge in [-0.1, -0.05) is 49.6 Å². The average Bonchev–Trinajstić information content (AvgIpc) is 2.71. The van der Waals surface area contributed by atoms with Gasteiger partial charge in [0, 0.05) is 26.2 Å². The molecule has 0 heterocycles. The molecule has 0 saturated heterocycles. The number of hydrogen-bond acceptors (Lipinski definition) is 3. The Bertz CT molecular complexity index is 571. The number of rotatable bonds is 9. The van der Waals surface area contributed by atoms with Crippen molar-refractivity contribution < 1.29 is 9.53 Å². The first kappa shape index (κ1) is 21.2. The van der Waals surface area contributed by atoms with Crippen molar-refractivity contribution in [3.05, 3.63) is 35.9 Å². The van der Waals surface area contributed by atoms with Crippen molar-refractivity contribution in [2.24, 2.45) is 4.99 Å². The second-order valence-electron chi connectivity index (χ2n) is 7.03. The van der Waals surface area contributed by atoms with Crippen LogP contribution in [0, 0.1) is 0 Å². The topological polar surface area (TPSA) is 74.8 Å². The van der Waals surface area contributed by atoms with Gasteiger partial charge < -0.3 is 20.7 Å². The van der Waals surface area contributed by atoms with Gasteiger partial charge in [-0.2, -0.15) is 0 Å². The third kappa shape index (κ3) is 8.43. The number of ether oxygens (including phenoxy) is 1. The van der Waals surface area contributed by atoms with E-state index in [9.17, 15) is 4.79 Å². The minimum Gasteiger partial charge on any atom is -0.374 e. The Morgan fingerprint density at radius 2 is 1.93 bits per heavy atom. The zero-order valence-corrected chi connectivity index (χ0v) is 16.7. The fraction of sp³-hybridized carbons (Fsp3) is 0.619. The molecule has 1 aliphatic carbocycles. The fourth-order valence-electron chi connectivity index (χ4n) is 3.27. The smallest absolute Gasteiger partial charge is 0.239 e. The van der Waals surface area contributed by atoms with Crippen LogP contribution in [0.1, 0.15) is 57.1 Å². The van der Waals surface area contributed by atoms with Crippen LogP contribution in [0.3, 0.4) is 0 Å². The lowest BCUT2D eigenvalue weighted by atomic mass is 9.95. The van der Waals surface area contributed by atoms with Crippen molar-refractivity contribution in [3.8, 4) is 0 Å². The summed E-state index contributed by atoms with van der Waals surface area (Å²) in [6.45, 7) is 3.72. The summed E-state index contributed by atoms with van der Waals surface area (Å²) >= 11 is 0. The van der Waals surface area contributed by atoms with E-state index in [0.29, 0.717) is 18.6 Å². The van der Waals surface area contributed by atoms with Gasteiger partial charge in [0.1, 0.15) is 0 Å². The quantitative estimate of drug-likeness (QED) is 0.353. The van der Waals surface area contributed by atoms with Crippen LogP contribution in [0.2, 0.25) is 0 Å². The number of hydrogen-bond donors (Lipinski definition) is 3. The number of nitrogens with zero attached hydrogens (tertiary/aromatic N) is 1. The van der Waals surface area contributed by atoms with E-state index in [1.54, 1.807) is 7.05 Å². The Morgan fingerprint density at radius 3 is 2.63 bits per heavy atom. The first-order valence-electron chi connectivity index (χ1n) is 10.1. The third-order valence-corrected chi connectivity index (χ3v) is 4.86. The predicted molar refractivity (Wildman–Crippen MR) is 110 cm³/mol. The number of nitrogens with one attached hydrogen (secondary N) is 3. The van der Waals surface area contributed by atoms with Crippen LogP contribution in [0.25, 0.3) is 0 Å². The van der Waals surface area contributed by atoms with Gasteiger partial charge in [0.2, 0.25) is 5.91 Å². The molecule has 27 heavy (non-hydrogen) atoms. The van der Waals surface area contributed by atoms with E-state index in [1.165, 1.54) is 24.8 Å². The highest BCUT2D eigenvalue weighted by Gasteiger charge is 2.15. The number of carbonyl (C=O) groups excluding carboxylic acids is 1. The van der Waals surface area contributed by atoms with Crippen molar-refractivity contribution in [1.82, 2.24) is 16.0 Å². The van der Waals surface area contributed by atoms with Crippen molar-refractivity contribution in [2.75, 3.05) is 26.7 Å². The molecule has 0 aromatic heterocycles. The fourth-order valence-corrected chi connectivity index (χ4v) is 3.27. The number of aliphatic imine (C=N–C) groups is 1. The Labute approximate surface area is 163 Å². The van der Waals surface area contributed by atoms with Gasteiger partial charge in [0.15, 0.2) is 5.96 Å². The molecule has 6 nitrogen and oxygen atoms in total. The lowest BCUT2D eigenvalue weighted by Crippen LogP contribution is -2.46. The first-order chi connectivity index (χ1) is 13.2. The van der Waals surface area contributed by atoms with Crippen molar-refractivity contribution >= 4 is 11.9 Å².